The summed E-state index contributed by atoms with van der Waals surface area (Å²) in [5.74, 6) is -0.471. The molecule has 2 heterocycles. The van der Waals surface area contributed by atoms with Crippen LogP contribution in [0.25, 0.3) is 0 Å². The standard InChI is InChI=1S/C17H21FN6O2/c1-10-3-2-8-24(14(10)15(25)26)9-13-21-16(19)23-17(22-13)20-12-6-4-11(18)5-7-12/h4-7,10,14H,2-3,8-9H2,1H3,(H,25,26)(H3,19,20,21,22,23). The maximum atomic E-state index is 13.0. The molecule has 1 aliphatic rings. The van der Waals surface area contributed by atoms with Crippen LogP contribution < -0.4 is 11.1 Å². The zero-order valence-electron chi connectivity index (χ0n) is 14.4. The van der Waals surface area contributed by atoms with Gasteiger partial charge in [-0.15, -0.1) is 0 Å². The van der Waals surface area contributed by atoms with Crippen LogP contribution in [-0.4, -0.2) is 43.5 Å². The van der Waals surface area contributed by atoms with Crippen molar-refractivity contribution in [2.45, 2.75) is 32.4 Å². The lowest BCUT2D eigenvalue weighted by molar-refractivity contribution is -0.147. The number of aliphatic carboxylic acids is 1. The molecule has 8 nitrogen and oxygen atoms in total. The monoisotopic (exact) mass is 360 g/mol. The van der Waals surface area contributed by atoms with Gasteiger partial charge in [-0.1, -0.05) is 6.92 Å². The number of piperidine rings is 1. The van der Waals surface area contributed by atoms with E-state index in [1.807, 2.05) is 11.8 Å². The molecule has 1 fully saturated rings. The highest BCUT2D eigenvalue weighted by atomic mass is 19.1. The van der Waals surface area contributed by atoms with Gasteiger partial charge in [0, 0.05) is 5.69 Å². The summed E-state index contributed by atoms with van der Waals surface area (Å²) in [6.45, 7) is 2.87. The molecule has 9 heteroatoms. The molecule has 4 N–H and O–H groups in total. The Morgan fingerprint density at radius 1 is 1.35 bits per heavy atom. The van der Waals surface area contributed by atoms with Crippen molar-refractivity contribution in [3.8, 4) is 0 Å². The van der Waals surface area contributed by atoms with Crippen molar-refractivity contribution in [3.05, 3.63) is 35.9 Å². The summed E-state index contributed by atoms with van der Waals surface area (Å²) >= 11 is 0. The number of carbonyl (C=O) groups is 1. The summed E-state index contributed by atoms with van der Waals surface area (Å²) in [5.41, 5.74) is 6.38. The van der Waals surface area contributed by atoms with Gasteiger partial charge in [-0.25, -0.2) is 4.39 Å². The first-order valence-electron chi connectivity index (χ1n) is 8.42. The number of aromatic nitrogens is 3. The number of nitrogen functional groups attached to an aromatic ring is 1. The third-order valence-electron chi connectivity index (χ3n) is 4.43. The lowest BCUT2D eigenvalue weighted by atomic mass is 9.91. The van der Waals surface area contributed by atoms with Crippen molar-refractivity contribution in [1.82, 2.24) is 19.9 Å². The maximum absolute atomic E-state index is 13.0. The predicted molar refractivity (Wildman–Crippen MR) is 94.2 cm³/mol. The molecule has 2 unspecified atom stereocenters. The van der Waals surface area contributed by atoms with Crippen LogP contribution >= 0.6 is 0 Å². The minimum absolute atomic E-state index is 0.0385. The summed E-state index contributed by atoms with van der Waals surface area (Å²) in [4.78, 5) is 25.9. The van der Waals surface area contributed by atoms with Crippen LogP contribution in [0.1, 0.15) is 25.6 Å². The first-order chi connectivity index (χ1) is 12.4. The molecular weight excluding hydrogens is 339 g/mol. The molecule has 3 rings (SSSR count). The lowest BCUT2D eigenvalue weighted by Crippen LogP contribution is -2.48. The van der Waals surface area contributed by atoms with E-state index in [1.54, 1.807) is 12.1 Å². The second-order valence-corrected chi connectivity index (χ2v) is 6.44. The average Bonchev–Trinajstić information content (AvgIpc) is 2.56. The smallest absolute Gasteiger partial charge is 0.321 e. The number of rotatable bonds is 5. The Hall–Kier alpha value is -2.81. The fourth-order valence-electron chi connectivity index (χ4n) is 3.26. The van der Waals surface area contributed by atoms with Crippen LogP contribution in [-0.2, 0) is 11.3 Å². The van der Waals surface area contributed by atoms with E-state index in [4.69, 9.17) is 5.73 Å². The fourth-order valence-corrected chi connectivity index (χ4v) is 3.26. The van der Waals surface area contributed by atoms with Crippen molar-refractivity contribution in [3.63, 3.8) is 0 Å². The highest BCUT2D eigenvalue weighted by Gasteiger charge is 2.34. The van der Waals surface area contributed by atoms with E-state index >= 15 is 0 Å². The Morgan fingerprint density at radius 3 is 2.77 bits per heavy atom. The fraction of sp³-hybridized carbons (Fsp3) is 0.412. The van der Waals surface area contributed by atoms with Gasteiger partial charge in [-0.05, 0) is 49.6 Å². The first-order valence-corrected chi connectivity index (χ1v) is 8.42. The number of nitrogens with zero attached hydrogens (tertiary/aromatic N) is 4. The number of anilines is 3. The number of halogens is 1. The summed E-state index contributed by atoms with van der Waals surface area (Å²) < 4.78 is 13.0. The zero-order valence-corrected chi connectivity index (χ0v) is 14.4. The van der Waals surface area contributed by atoms with Crippen molar-refractivity contribution in [1.29, 1.82) is 0 Å². The molecule has 1 aromatic heterocycles. The van der Waals surface area contributed by atoms with Gasteiger partial charge in [0.25, 0.3) is 0 Å². The number of hydrogen-bond donors (Lipinski definition) is 3. The second kappa shape index (κ2) is 7.61. The molecule has 0 spiro atoms. The maximum Gasteiger partial charge on any atom is 0.321 e. The molecule has 26 heavy (non-hydrogen) atoms. The number of benzene rings is 1. The Kier molecular flexibility index (Phi) is 5.27. The van der Waals surface area contributed by atoms with Crippen molar-refractivity contribution < 1.29 is 14.3 Å². The quantitative estimate of drug-likeness (QED) is 0.741. The molecule has 1 aliphatic heterocycles. The van der Waals surface area contributed by atoms with E-state index in [0.717, 1.165) is 12.8 Å². The molecule has 0 saturated carbocycles. The third-order valence-corrected chi connectivity index (χ3v) is 4.43. The molecule has 0 radical (unpaired) electrons. The number of carboxylic acids is 1. The van der Waals surface area contributed by atoms with Gasteiger partial charge < -0.3 is 16.2 Å². The van der Waals surface area contributed by atoms with Crippen LogP contribution in [0.3, 0.4) is 0 Å². The van der Waals surface area contributed by atoms with Gasteiger partial charge >= 0.3 is 5.97 Å². The summed E-state index contributed by atoms with van der Waals surface area (Å²) in [6.07, 6.45) is 1.80. The minimum Gasteiger partial charge on any atom is -0.480 e. The van der Waals surface area contributed by atoms with E-state index < -0.39 is 12.0 Å². The Balaban J connectivity index is 1.78. The molecular formula is C17H21FN6O2. The number of nitrogens with two attached hydrogens (primary N) is 1. The number of hydrogen-bond acceptors (Lipinski definition) is 7. The second-order valence-electron chi connectivity index (χ2n) is 6.44. The molecule has 2 atom stereocenters. The molecule has 0 bridgehead atoms. The molecule has 138 valence electrons. The average molecular weight is 360 g/mol. The van der Waals surface area contributed by atoms with Gasteiger partial charge in [-0.3, -0.25) is 9.69 Å². The third kappa shape index (κ3) is 4.23. The largest absolute Gasteiger partial charge is 0.480 e. The van der Waals surface area contributed by atoms with E-state index in [9.17, 15) is 14.3 Å². The van der Waals surface area contributed by atoms with Crippen LogP contribution in [0.5, 0.6) is 0 Å². The van der Waals surface area contributed by atoms with E-state index in [0.29, 0.717) is 18.1 Å². The number of carboxylic acid groups (broad SMARTS) is 1. The van der Waals surface area contributed by atoms with Gasteiger partial charge in [0.05, 0.1) is 6.54 Å². The molecule has 1 aromatic carbocycles. The van der Waals surface area contributed by atoms with Gasteiger partial charge in [0.15, 0.2) is 0 Å². The highest BCUT2D eigenvalue weighted by molar-refractivity contribution is 5.74. The van der Waals surface area contributed by atoms with Crippen molar-refractivity contribution in [2.24, 2.45) is 5.92 Å². The van der Waals surface area contributed by atoms with Crippen LogP contribution in [0.2, 0.25) is 0 Å². The van der Waals surface area contributed by atoms with Crippen molar-refractivity contribution in [2.75, 3.05) is 17.6 Å². The van der Waals surface area contributed by atoms with Gasteiger partial charge in [-0.2, -0.15) is 15.0 Å². The highest BCUT2D eigenvalue weighted by Crippen LogP contribution is 2.25. The van der Waals surface area contributed by atoms with Crippen LogP contribution in [0, 0.1) is 11.7 Å². The van der Waals surface area contributed by atoms with Crippen LogP contribution in [0.4, 0.5) is 22.0 Å². The number of nitrogens with one attached hydrogen (secondary N) is 1. The summed E-state index contributed by atoms with van der Waals surface area (Å²) in [5, 5.41) is 12.5. The summed E-state index contributed by atoms with van der Waals surface area (Å²) in [6, 6.07) is 5.18. The molecule has 1 saturated heterocycles. The number of likely N-dealkylation sites (tertiary alicyclic amines) is 1. The topological polar surface area (TPSA) is 117 Å². The SMILES string of the molecule is CC1CCCN(Cc2nc(N)nc(Nc3ccc(F)cc3)n2)C1C(=O)O. The predicted octanol–water partition coefficient (Wildman–Crippen LogP) is 2.02. The lowest BCUT2D eigenvalue weighted by Gasteiger charge is -2.36. The van der Waals surface area contributed by atoms with Crippen LogP contribution in [0.15, 0.2) is 24.3 Å². The Bertz CT molecular complexity index is 785. The van der Waals surface area contributed by atoms with Gasteiger partial charge in [0.1, 0.15) is 17.7 Å². The molecule has 0 aliphatic carbocycles. The van der Waals surface area contributed by atoms with Crippen molar-refractivity contribution >= 4 is 23.6 Å². The molecule has 2 aromatic rings. The minimum atomic E-state index is -0.844. The van der Waals surface area contributed by atoms with E-state index in [2.05, 4.69) is 20.3 Å². The van der Waals surface area contributed by atoms with Gasteiger partial charge in [0.2, 0.25) is 11.9 Å². The first kappa shape index (κ1) is 18.0. The van der Waals surface area contributed by atoms with E-state index in [-0.39, 0.29) is 30.2 Å². The zero-order chi connectivity index (χ0) is 18.7. The Morgan fingerprint density at radius 2 is 2.08 bits per heavy atom. The summed E-state index contributed by atoms with van der Waals surface area (Å²) in [7, 11) is 0. The van der Waals surface area contributed by atoms with E-state index in [1.165, 1.54) is 12.1 Å². The Labute approximate surface area is 150 Å². The normalized spacial score (nSPS) is 20.7. The molecule has 0 amide bonds.